The zero-order valence-electron chi connectivity index (χ0n) is 15.9. The summed E-state index contributed by atoms with van der Waals surface area (Å²) in [5.41, 5.74) is -0.636. The molecule has 0 atom stereocenters. The molecular weight excluding hydrogens is 441 g/mol. The van der Waals surface area contributed by atoms with Crippen LogP contribution in [0.1, 0.15) is 35.2 Å². The first kappa shape index (κ1) is 22.6. The number of Topliss-reactive ketones (excluding diaryl/α,β-unsaturated/α-hetero) is 1. The van der Waals surface area contributed by atoms with Crippen molar-refractivity contribution < 1.29 is 26.4 Å². The lowest BCUT2D eigenvalue weighted by Crippen LogP contribution is -2.35. The number of hydrogen-bond donors (Lipinski definition) is 1. The van der Waals surface area contributed by atoms with E-state index in [2.05, 4.69) is 5.32 Å². The number of nitrogens with zero attached hydrogens (tertiary/aromatic N) is 1. The molecule has 0 spiro atoms. The molecule has 30 heavy (non-hydrogen) atoms. The Morgan fingerprint density at radius 2 is 1.67 bits per heavy atom. The minimum absolute atomic E-state index is 0.101. The number of ketones is 1. The molecule has 0 aromatic heterocycles. The van der Waals surface area contributed by atoms with E-state index in [4.69, 9.17) is 11.6 Å². The summed E-state index contributed by atoms with van der Waals surface area (Å²) in [7, 11) is -3.60. The summed E-state index contributed by atoms with van der Waals surface area (Å²) in [5.74, 6) is -0.388. The van der Waals surface area contributed by atoms with Gasteiger partial charge in [0.05, 0.1) is 22.0 Å². The van der Waals surface area contributed by atoms with Crippen molar-refractivity contribution >= 4 is 33.1 Å². The van der Waals surface area contributed by atoms with Gasteiger partial charge in [0, 0.05) is 24.3 Å². The highest BCUT2D eigenvalue weighted by atomic mass is 35.5. The molecule has 5 nitrogen and oxygen atoms in total. The maximum atomic E-state index is 12.9. The van der Waals surface area contributed by atoms with Crippen molar-refractivity contribution in [3.8, 4) is 0 Å². The molecule has 0 bridgehead atoms. The van der Waals surface area contributed by atoms with Crippen LogP contribution >= 0.6 is 11.6 Å². The van der Waals surface area contributed by atoms with Gasteiger partial charge in [-0.3, -0.25) is 4.79 Å². The molecule has 1 aliphatic heterocycles. The maximum absolute atomic E-state index is 12.9. The van der Waals surface area contributed by atoms with E-state index < -0.39 is 26.8 Å². The Hall–Kier alpha value is -2.10. The zero-order chi connectivity index (χ0) is 21.9. The monoisotopic (exact) mass is 460 g/mol. The predicted molar refractivity (Wildman–Crippen MR) is 108 cm³/mol. The molecule has 162 valence electrons. The van der Waals surface area contributed by atoms with Crippen LogP contribution in [0.5, 0.6) is 0 Å². The van der Waals surface area contributed by atoms with Crippen molar-refractivity contribution in [2.75, 3.05) is 25.0 Å². The third-order valence-electron chi connectivity index (χ3n) is 4.85. The Morgan fingerprint density at radius 1 is 1.03 bits per heavy atom. The van der Waals surface area contributed by atoms with Crippen molar-refractivity contribution in [3.63, 3.8) is 0 Å². The molecule has 3 rings (SSSR count). The van der Waals surface area contributed by atoms with Crippen LogP contribution in [0.2, 0.25) is 5.02 Å². The van der Waals surface area contributed by atoms with Crippen LogP contribution in [-0.2, 0) is 16.2 Å². The third kappa shape index (κ3) is 5.14. The van der Waals surface area contributed by atoms with E-state index in [0.717, 1.165) is 31.4 Å². The second kappa shape index (κ2) is 8.95. The van der Waals surface area contributed by atoms with Crippen molar-refractivity contribution in [1.29, 1.82) is 0 Å². The molecule has 1 aliphatic rings. The van der Waals surface area contributed by atoms with Crippen molar-refractivity contribution in [2.24, 2.45) is 0 Å². The minimum Gasteiger partial charge on any atom is -0.378 e. The average Bonchev–Trinajstić information content (AvgIpc) is 2.73. The molecule has 1 heterocycles. The van der Waals surface area contributed by atoms with E-state index in [9.17, 15) is 26.4 Å². The van der Waals surface area contributed by atoms with Gasteiger partial charge in [-0.05, 0) is 55.3 Å². The topological polar surface area (TPSA) is 66.5 Å². The SMILES string of the molecule is O=C(CNc1ccc(Cl)c(C(F)(F)F)c1)c1ccc(S(=O)(=O)N2CCCCC2)cc1. The van der Waals surface area contributed by atoms with Gasteiger partial charge in [-0.15, -0.1) is 0 Å². The minimum atomic E-state index is -4.60. The normalized spacial score (nSPS) is 15.7. The number of benzene rings is 2. The molecule has 1 N–H and O–H groups in total. The number of rotatable bonds is 6. The third-order valence-corrected chi connectivity index (χ3v) is 7.10. The van der Waals surface area contributed by atoms with Crippen molar-refractivity contribution in [3.05, 3.63) is 58.6 Å². The summed E-state index contributed by atoms with van der Waals surface area (Å²) in [5, 5.41) is 2.22. The summed E-state index contributed by atoms with van der Waals surface area (Å²) in [6.45, 7) is 0.707. The largest absolute Gasteiger partial charge is 0.417 e. The first-order valence-electron chi connectivity index (χ1n) is 9.33. The number of alkyl halides is 3. The van der Waals surface area contributed by atoms with Gasteiger partial charge in [0.15, 0.2) is 5.78 Å². The number of nitrogens with one attached hydrogen (secondary N) is 1. The van der Waals surface area contributed by atoms with Gasteiger partial charge < -0.3 is 5.32 Å². The van der Waals surface area contributed by atoms with Crippen LogP contribution < -0.4 is 5.32 Å². The zero-order valence-corrected chi connectivity index (χ0v) is 17.4. The molecule has 0 unspecified atom stereocenters. The predicted octanol–water partition coefficient (Wildman–Crippen LogP) is 4.83. The molecule has 0 saturated carbocycles. The number of carbonyl (C=O) groups is 1. The quantitative estimate of drug-likeness (QED) is 0.627. The van der Waals surface area contributed by atoms with Gasteiger partial charge in [0.2, 0.25) is 10.0 Å². The smallest absolute Gasteiger partial charge is 0.378 e. The average molecular weight is 461 g/mol. The van der Waals surface area contributed by atoms with Gasteiger partial charge in [-0.2, -0.15) is 17.5 Å². The number of piperidine rings is 1. The molecule has 1 saturated heterocycles. The van der Waals surface area contributed by atoms with Crippen LogP contribution in [0.3, 0.4) is 0 Å². The van der Waals surface area contributed by atoms with E-state index in [1.807, 2.05) is 0 Å². The highest BCUT2D eigenvalue weighted by Gasteiger charge is 2.33. The Morgan fingerprint density at radius 3 is 2.27 bits per heavy atom. The Labute approximate surface area is 177 Å². The molecule has 0 amide bonds. The standard InChI is InChI=1S/C20H20ClF3N2O3S/c21-18-9-6-15(12-17(18)20(22,23)24)25-13-19(27)14-4-7-16(8-5-14)30(28,29)26-10-2-1-3-11-26/h4-9,12,25H,1-3,10-11,13H2. The van der Waals surface area contributed by atoms with Crippen LogP contribution in [0.4, 0.5) is 18.9 Å². The summed E-state index contributed by atoms with van der Waals surface area (Å²) in [6.07, 6.45) is -1.95. The van der Waals surface area contributed by atoms with Gasteiger partial charge in [-0.1, -0.05) is 18.0 Å². The summed E-state index contributed by atoms with van der Waals surface area (Å²) in [6, 6.07) is 8.86. The van der Waals surface area contributed by atoms with E-state index in [0.29, 0.717) is 13.1 Å². The van der Waals surface area contributed by atoms with Gasteiger partial charge in [0.1, 0.15) is 0 Å². The van der Waals surface area contributed by atoms with Gasteiger partial charge in [0.25, 0.3) is 0 Å². The van der Waals surface area contributed by atoms with Crippen LogP contribution in [0.25, 0.3) is 0 Å². The van der Waals surface area contributed by atoms with E-state index in [-0.39, 0.29) is 28.5 Å². The number of halogens is 4. The molecule has 0 aliphatic carbocycles. The lowest BCUT2D eigenvalue weighted by atomic mass is 10.1. The number of hydrogen-bond acceptors (Lipinski definition) is 4. The lowest BCUT2D eigenvalue weighted by Gasteiger charge is -2.25. The molecular formula is C20H20ClF3N2O3S. The van der Waals surface area contributed by atoms with Crippen molar-refractivity contribution in [2.45, 2.75) is 30.3 Å². The highest BCUT2D eigenvalue weighted by Crippen LogP contribution is 2.36. The Kier molecular flexibility index (Phi) is 6.74. The summed E-state index contributed by atoms with van der Waals surface area (Å²) >= 11 is 5.58. The first-order valence-corrected chi connectivity index (χ1v) is 11.1. The highest BCUT2D eigenvalue weighted by molar-refractivity contribution is 7.89. The molecule has 1 fully saturated rings. The fraction of sp³-hybridized carbons (Fsp3) is 0.350. The Bertz CT molecular complexity index is 1020. The fourth-order valence-corrected chi connectivity index (χ4v) is 4.95. The number of sulfonamides is 1. The molecule has 2 aromatic rings. The summed E-state index contributed by atoms with van der Waals surface area (Å²) < 4.78 is 65.5. The van der Waals surface area contributed by atoms with E-state index in [1.54, 1.807) is 0 Å². The van der Waals surface area contributed by atoms with E-state index >= 15 is 0 Å². The fourth-order valence-electron chi connectivity index (χ4n) is 3.20. The maximum Gasteiger partial charge on any atom is 0.417 e. The molecule has 2 aromatic carbocycles. The van der Waals surface area contributed by atoms with Crippen LogP contribution in [0, 0.1) is 0 Å². The van der Waals surface area contributed by atoms with E-state index in [1.165, 1.54) is 34.6 Å². The number of carbonyl (C=O) groups excluding carboxylic acids is 1. The first-order chi connectivity index (χ1) is 14.1. The van der Waals surface area contributed by atoms with Crippen LogP contribution in [0.15, 0.2) is 47.4 Å². The lowest BCUT2D eigenvalue weighted by molar-refractivity contribution is -0.137. The van der Waals surface area contributed by atoms with Gasteiger partial charge >= 0.3 is 6.18 Å². The Balaban J connectivity index is 1.67. The summed E-state index contributed by atoms with van der Waals surface area (Å²) in [4.78, 5) is 12.5. The second-order valence-corrected chi connectivity index (χ2v) is 9.30. The van der Waals surface area contributed by atoms with Crippen LogP contribution in [-0.4, -0.2) is 38.1 Å². The molecule has 10 heteroatoms. The number of anilines is 1. The second-order valence-electron chi connectivity index (χ2n) is 6.96. The van der Waals surface area contributed by atoms with Crippen molar-refractivity contribution in [1.82, 2.24) is 4.31 Å². The van der Waals surface area contributed by atoms with Gasteiger partial charge in [-0.25, -0.2) is 8.42 Å². The molecule has 0 radical (unpaired) electrons.